The van der Waals surface area contributed by atoms with Gasteiger partial charge in [0.15, 0.2) is 0 Å². The standard InChI is InChI=1S/C20H27N5O2S/c1-14-9-10-18(27-2)17(12-14)25-20(21-22-23-25)28-13-19(26)24-11-5-7-15-6-3-4-8-16(15)24/h9-10,12,15-16H,3-8,11,13H2,1-2H3/t15-,16+/m0/s1. The van der Waals surface area contributed by atoms with Gasteiger partial charge in [-0.2, -0.15) is 4.68 Å². The van der Waals surface area contributed by atoms with Crippen LogP contribution in [0.15, 0.2) is 23.4 Å². The molecule has 1 amide bonds. The smallest absolute Gasteiger partial charge is 0.233 e. The Hall–Kier alpha value is -2.09. The highest BCUT2D eigenvalue weighted by atomic mass is 32.2. The maximum Gasteiger partial charge on any atom is 0.233 e. The number of fused-ring (bicyclic) bond motifs is 1. The summed E-state index contributed by atoms with van der Waals surface area (Å²) in [5, 5.41) is 12.7. The summed E-state index contributed by atoms with van der Waals surface area (Å²) in [5.74, 6) is 1.95. The molecule has 0 N–H and O–H groups in total. The van der Waals surface area contributed by atoms with Crippen LogP contribution in [0.25, 0.3) is 5.69 Å². The summed E-state index contributed by atoms with van der Waals surface area (Å²) in [6.45, 7) is 2.90. The molecule has 0 spiro atoms. The number of carbonyl (C=O) groups is 1. The molecule has 2 fully saturated rings. The van der Waals surface area contributed by atoms with Gasteiger partial charge in [0.1, 0.15) is 11.4 Å². The second-order valence-corrected chi connectivity index (χ2v) is 8.62. The number of carbonyl (C=O) groups excluding carboxylic acids is 1. The summed E-state index contributed by atoms with van der Waals surface area (Å²) < 4.78 is 7.11. The van der Waals surface area contributed by atoms with Crippen molar-refractivity contribution in [1.29, 1.82) is 0 Å². The first kappa shape index (κ1) is 19.2. The molecule has 150 valence electrons. The van der Waals surface area contributed by atoms with Crippen molar-refractivity contribution >= 4 is 17.7 Å². The highest BCUT2D eigenvalue weighted by molar-refractivity contribution is 7.99. The lowest BCUT2D eigenvalue weighted by Crippen LogP contribution is -2.50. The van der Waals surface area contributed by atoms with E-state index in [2.05, 4.69) is 20.4 Å². The van der Waals surface area contributed by atoms with Crippen LogP contribution in [-0.2, 0) is 4.79 Å². The molecule has 7 nitrogen and oxygen atoms in total. The number of rotatable bonds is 5. The van der Waals surface area contributed by atoms with Crippen molar-refractivity contribution in [2.45, 2.75) is 56.6 Å². The Bertz CT molecular complexity index is 838. The normalized spacial score (nSPS) is 22.0. The largest absolute Gasteiger partial charge is 0.494 e. The van der Waals surface area contributed by atoms with Crippen LogP contribution in [0.2, 0.25) is 0 Å². The number of benzene rings is 1. The van der Waals surface area contributed by atoms with Crippen molar-refractivity contribution in [3.63, 3.8) is 0 Å². The number of methoxy groups -OCH3 is 1. The van der Waals surface area contributed by atoms with Crippen LogP contribution < -0.4 is 4.74 Å². The Morgan fingerprint density at radius 2 is 2.07 bits per heavy atom. The molecule has 2 aliphatic rings. The van der Waals surface area contributed by atoms with Crippen LogP contribution >= 0.6 is 11.8 Å². The molecule has 2 atom stereocenters. The van der Waals surface area contributed by atoms with Gasteiger partial charge in [-0.15, -0.1) is 5.10 Å². The van der Waals surface area contributed by atoms with Gasteiger partial charge in [-0.3, -0.25) is 4.79 Å². The van der Waals surface area contributed by atoms with Gasteiger partial charge >= 0.3 is 0 Å². The SMILES string of the molecule is COc1ccc(C)cc1-n1nnnc1SCC(=O)N1CCC[C@@H]2CCCC[C@H]21. The van der Waals surface area contributed by atoms with Gasteiger partial charge in [0, 0.05) is 12.6 Å². The Balaban J connectivity index is 1.47. The average molecular weight is 402 g/mol. The summed E-state index contributed by atoms with van der Waals surface area (Å²) in [4.78, 5) is 15.1. The molecule has 1 aliphatic carbocycles. The third kappa shape index (κ3) is 3.87. The number of nitrogens with zero attached hydrogens (tertiary/aromatic N) is 5. The topological polar surface area (TPSA) is 73.1 Å². The van der Waals surface area contributed by atoms with E-state index in [9.17, 15) is 4.79 Å². The van der Waals surface area contributed by atoms with E-state index in [0.717, 1.165) is 30.6 Å². The van der Waals surface area contributed by atoms with Crippen molar-refractivity contribution in [1.82, 2.24) is 25.1 Å². The zero-order chi connectivity index (χ0) is 19.5. The molecule has 1 aromatic heterocycles. The number of aryl methyl sites for hydroxylation is 1. The molecule has 4 rings (SSSR count). The van der Waals surface area contributed by atoms with E-state index in [1.807, 2.05) is 25.1 Å². The summed E-state index contributed by atoms with van der Waals surface area (Å²) >= 11 is 1.39. The molecule has 1 saturated carbocycles. The van der Waals surface area contributed by atoms with E-state index >= 15 is 0 Å². The number of piperidine rings is 1. The summed E-state index contributed by atoms with van der Waals surface area (Å²) in [6, 6.07) is 6.31. The fraction of sp³-hybridized carbons (Fsp3) is 0.600. The predicted octanol–water partition coefficient (Wildman–Crippen LogP) is 3.25. The molecule has 2 aromatic rings. The zero-order valence-electron chi connectivity index (χ0n) is 16.5. The minimum atomic E-state index is 0.201. The van der Waals surface area contributed by atoms with Crippen molar-refractivity contribution in [2.24, 2.45) is 5.92 Å². The Labute approximate surface area is 169 Å². The number of aromatic nitrogens is 4. The lowest BCUT2D eigenvalue weighted by atomic mass is 9.78. The van der Waals surface area contributed by atoms with E-state index in [1.54, 1.807) is 11.8 Å². The van der Waals surface area contributed by atoms with Gasteiger partial charge in [-0.25, -0.2) is 0 Å². The van der Waals surface area contributed by atoms with E-state index in [1.165, 1.54) is 37.4 Å². The van der Waals surface area contributed by atoms with Crippen molar-refractivity contribution in [3.05, 3.63) is 23.8 Å². The number of ether oxygens (including phenoxy) is 1. The molecule has 8 heteroatoms. The third-order valence-electron chi connectivity index (χ3n) is 5.89. The van der Waals surface area contributed by atoms with Crippen LogP contribution in [0.5, 0.6) is 5.75 Å². The fourth-order valence-electron chi connectivity index (χ4n) is 4.53. The van der Waals surface area contributed by atoms with E-state index in [4.69, 9.17) is 4.74 Å². The van der Waals surface area contributed by atoms with Gasteiger partial charge < -0.3 is 9.64 Å². The highest BCUT2D eigenvalue weighted by Crippen LogP contribution is 2.36. The first-order valence-electron chi connectivity index (χ1n) is 10.0. The number of thioether (sulfide) groups is 1. The number of likely N-dealkylation sites (tertiary alicyclic amines) is 1. The van der Waals surface area contributed by atoms with Crippen LogP contribution in [0.4, 0.5) is 0 Å². The molecule has 28 heavy (non-hydrogen) atoms. The minimum Gasteiger partial charge on any atom is -0.494 e. The highest BCUT2D eigenvalue weighted by Gasteiger charge is 2.35. The van der Waals surface area contributed by atoms with Crippen molar-refractivity contribution < 1.29 is 9.53 Å². The van der Waals surface area contributed by atoms with Crippen LogP contribution in [0.1, 0.15) is 44.1 Å². The van der Waals surface area contributed by atoms with E-state index in [0.29, 0.717) is 28.6 Å². The molecule has 2 heterocycles. The predicted molar refractivity (Wildman–Crippen MR) is 108 cm³/mol. The molecule has 1 aromatic carbocycles. The fourth-order valence-corrected chi connectivity index (χ4v) is 5.30. The Morgan fingerprint density at radius 1 is 1.25 bits per heavy atom. The van der Waals surface area contributed by atoms with Gasteiger partial charge in [0.2, 0.25) is 11.1 Å². The van der Waals surface area contributed by atoms with Gasteiger partial charge in [-0.1, -0.05) is 30.7 Å². The zero-order valence-corrected chi connectivity index (χ0v) is 17.3. The Morgan fingerprint density at radius 3 is 2.93 bits per heavy atom. The van der Waals surface area contributed by atoms with Gasteiger partial charge in [-0.05, 0) is 66.6 Å². The molecule has 0 radical (unpaired) electrons. The number of hydrogen-bond donors (Lipinski definition) is 0. The second kappa shape index (κ2) is 8.51. The first-order chi connectivity index (χ1) is 13.7. The van der Waals surface area contributed by atoms with E-state index in [-0.39, 0.29) is 5.91 Å². The minimum absolute atomic E-state index is 0.201. The summed E-state index contributed by atoms with van der Waals surface area (Å²) in [7, 11) is 1.63. The first-order valence-corrected chi connectivity index (χ1v) is 11.0. The van der Waals surface area contributed by atoms with E-state index < -0.39 is 0 Å². The van der Waals surface area contributed by atoms with Crippen LogP contribution in [0, 0.1) is 12.8 Å². The maximum absolute atomic E-state index is 13.0. The molecule has 0 bridgehead atoms. The maximum atomic E-state index is 13.0. The molecule has 1 aliphatic heterocycles. The average Bonchev–Trinajstić information content (AvgIpc) is 3.20. The number of hydrogen-bond acceptors (Lipinski definition) is 6. The summed E-state index contributed by atoms with van der Waals surface area (Å²) in [5.41, 5.74) is 1.88. The molecular weight excluding hydrogens is 374 g/mol. The Kier molecular flexibility index (Phi) is 5.85. The van der Waals surface area contributed by atoms with Crippen LogP contribution in [-0.4, -0.2) is 56.5 Å². The van der Waals surface area contributed by atoms with Gasteiger partial charge in [0.25, 0.3) is 0 Å². The monoisotopic (exact) mass is 401 g/mol. The van der Waals surface area contributed by atoms with Crippen LogP contribution in [0.3, 0.4) is 0 Å². The number of amides is 1. The van der Waals surface area contributed by atoms with Crippen molar-refractivity contribution in [2.75, 3.05) is 19.4 Å². The molecular formula is C20H27N5O2S. The molecule has 1 saturated heterocycles. The van der Waals surface area contributed by atoms with Crippen molar-refractivity contribution in [3.8, 4) is 11.4 Å². The second-order valence-electron chi connectivity index (χ2n) is 7.68. The quantitative estimate of drug-likeness (QED) is 0.716. The lowest BCUT2D eigenvalue weighted by molar-refractivity contribution is -0.134. The third-order valence-corrected chi connectivity index (χ3v) is 6.80. The lowest BCUT2D eigenvalue weighted by Gasteiger charge is -2.44. The van der Waals surface area contributed by atoms with Gasteiger partial charge in [0.05, 0.1) is 12.9 Å². The molecule has 0 unspecified atom stereocenters. The summed E-state index contributed by atoms with van der Waals surface area (Å²) in [6.07, 6.45) is 7.36. The number of tetrazole rings is 1.